The van der Waals surface area contributed by atoms with Crippen molar-refractivity contribution < 1.29 is 13.0 Å². The Kier molecular flexibility index (Phi) is 2.49. The van der Waals surface area contributed by atoms with Crippen LogP contribution in [0.1, 0.15) is 5.56 Å². The summed E-state index contributed by atoms with van der Waals surface area (Å²) in [6, 6.07) is 5.55. The van der Waals surface area contributed by atoms with E-state index in [2.05, 4.69) is 0 Å². The van der Waals surface area contributed by atoms with E-state index in [0.717, 1.165) is 5.56 Å². The van der Waals surface area contributed by atoms with Crippen LogP contribution in [0.25, 0.3) is 0 Å². The zero-order valence-electron chi connectivity index (χ0n) is 6.23. The minimum absolute atomic E-state index is 0.222. The molecule has 1 aromatic carbocycles. The van der Waals surface area contributed by atoms with Crippen LogP contribution < -0.4 is 0 Å². The van der Waals surface area contributed by atoms with Gasteiger partial charge in [0.2, 0.25) is 0 Å². The van der Waals surface area contributed by atoms with Crippen LogP contribution in [0.2, 0.25) is 0 Å². The van der Waals surface area contributed by atoms with E-state index in [-0.39, 0.29) is 4.90 Å². The van der Waals surface area contributed by atoms with Crippen molar-refractivity contribution in [2.75, 3.05) is 0 Å². The molecular weight excluding hydrogens is 176 g/mol. The highest BCUT2D eigenvalue weighted by Gasteiger charge is 1.98. The van der Waals surface area contributed by atoms with E-state index in [1.807, 2.05) is 0 Å². The molecule has 1 aromatic rings. The largest absolute Gasteiger partial charge is 0.744 e. The van der Waals surface area contributed by atoms with E-state index in [4.69, 9.17) is 6.92 Å². The predicted molar refractivity (Wildman–Crippen MR) is 42.4 cm³/mol. The first-order valence-corrected chi connectivity index (χ1v) is 4.70. The van der Waals surface area contributed by atoms with Gasteiger partial charge in [-0.15, -0.1) is 0 Å². The summed E-state index contributed by atoms with van der Waals surface area (Å²) in [4.78, 5) is -0.222. The first kappa shape index (κ1) is 9.22. The van der Waals surface area contributed by atoms with Gasteiger partial charge in [0.05, 0.1) is 4.90 Å². The third-order valence-corrected chi connectivity index (χ3v) is 2.30. The van der Waals surface area contributed by atoms with Crippen LogP contribution in [0.15, 0.2) is 29.2 Å². The van der Waals surface area contributed by atoms with Crippen molar-refractivity contribution in [3.05, 3.63) is 36.8 Å². The smallest absolute Gasteiger partial charge is 0.124 e. The van der Waals surface area contributed by atoms with Gasteiger partial charge in [-0.2, -0.15) is 0 Å². The molecule has 0 heterocycles. The van der Waals surface area contributed by atoms with Crippen LogP contribution in [0.4, 0.5) is 0 Å². The molecule has 4 heteroatoms. The normalized spacial score (nSPS) is 11.5. The quantitative estimate of drug-likeness (QED) is 0.638. The molecule has 0 aliphatic carbocycles. The highest BCUT2D eigenvalue weighted by Crippen LogP contribution is 2.09. The minimum atomic E-state index is -4.32. The molecule has 0 aliphatic heterocycles. The Labute approximate surface area is 71.8 Å². The SMILES string of the molecule is [CH]Cc1ccc(S(=O)(=O)[O-])cc1. The molecule has 0 amide bonds. The summed E-state index contributed by atoms with van der Waals surface area (Å²) < 4.78 is 31.3. The Hall–Kier alpha value is -0.870. The van der Waals surface area contributed by atoms with Gasteiger partial charge >= 0.3 is 0 Å². The molecule has 3 nitrogen and oxygen atoms in total. The van der Waals surface area contributed by atoms with Gasteiger partial charge in [-0.3, -0.25) is 0 Å². The Morgan fingerprint density at radius 1 is 1.25 bits per heavy atom. The fourth-order valence-electron chi connectivity index (χ4n) is 0.792. The van der Waals surface area contributed by atoms with Gasteiger partial charge in [-0.1, -0.05) is 12.1 Å². The number of rotatable bonds is 2. The van der Waals surface area contributed by atoms with Gasteiger partial charge in [0, 0.05) is 0 Å². The Morgan fingerprint density at radius 2 is 1.75 bits per heavy atom. The van der Waals surface area contributed by atoms with Gasteiger partial charge in [0.15, 0.2) is 0 Å². The standard InChI is InChI=1S/C8H8O3S/c1-2-7-3-5-8(6-4-7)12(9,10)11/h1,3-6H,2H2,(H,9,10,11)/p-1. The molecule has 0 unspecified atom stereocenters. The van der Waals surface area contributed by atoms with E-state index in [0.29, 0.717) is 6.42 Å². The zero-order valence-corrected chi connectivity index (χ0v) is 7.04. The van der Waals surface area contributed by atoms with Gasteiger partial charge in [-0.25, -0.2) is 8.42 Å². The molecule has 0 aliphatic rings. The molecule has 2 radical (unpaired) electrons. The lowest BCUT2D eigenvalue weighted by Crippen LogP contribution is -1.98. The second-order valence-electron chi connectivity index (χ2n) is 2.30. The van der Waals surface area contributed by atoms with E-state index >= 15 is 0 Å². The highest BCUT2D eigenvalue weighted by atomic mass is 32.2. The first-order chi connectivity index (χ1) is 5.54. The average Bonchev–Trinajstić information content (AvgIpc) is 2.03. The summed E-state index contributed by atoms with van der Waals surface area (Å²) in [5.74, 6) is 0. The van der Waals surface area contributed by atoms with E-state index < -0.39 is 10.1 Å². The summed E-state index contributed by atoms with van der Waals surface area (Å²) >= 11 is 0. The second-order valence-corrected chi connectivity index (χ2v) is 3.68. The fraction of sp³-hybridized carbons (Fsp3) is 0.125. The molecule has 0 atom stereocenters. The summed E-state index contributed by atoms with van der Waals surface area (Å²) in [7, 11) is -4.32. The first-order valence-electron chi connectivity index (χ1n) is 3.29. The maximum Gasteiger partial charge on any atom is 0.124 e. The Bertz CT molecular complexity index is 350. The van der Waals surface area contributed by atoms with Crippen LogP contribution in [0.5, 0.6) is 0 Å². The summed E-state index contributed by atoms with van der Waals surface area (Å²) in [5, 5.41) is 0. The van der Waals surface area contributed by atoms with Gasteiger partial charge in [-0.05, 0) is 31.0 Å². The lowest BCUT2D eigenvalue weighted by Gasteiger charge is -2.06. The molecule has 0 fully saturated rings. The van der Waals surface area contributed by atoms with E-state index in [1.165, 1.54) is 24.3 Å². The van der Waals surface area contributed by atoms with Crippen molar-refractivity contribution >= 4 is 10.1 Å². The van der Waals surface area contributed by atoms with Crippen LogP contribution >= 0.6 is 0 Å². The number of benzene rings is 1. The molecule has 0 bridgehead atoms. The third kappa shape index (κ3) is 2.06. The Morgan fingerprint density at radius 3 is 2.08 bits per heavy atom. The van der Waals surface area contributed by atoms with Crippen molar-refractivity contribution in [3.8, 4) is 0 Å². The van der Waals surface area contributed by atoms with Crippen molar-refractivity contribution in [1.82, 2.24) is 0 Å². The van der Waals surface area contributed by atoms with E-state index in [1.54, 1.807) is 0 Å². The maximum atomic E-state index is 10.4. The Balaban J connectivity index is 3.09. The van der Waals surface area contributed by atoms with Crippen molar-refractivity contribution in [2.45, 2.75) is 11.3 Å². The molecule has 12 heavy (non-hydrogen) atoms. The van der Waals surface area contributed by atoms with Crippen LogP contribution in [0.3, 0.4) is 0 Å². The lowest BCUT2D eigenvalue weighted by molar-refractivity contribution is 0.463. The average molecular weight is 183 g/mol. The molecule has 0 N–H and O–H groups in total. The van der Waals surface area contributed by atoms with Crippen molar-refractivity contribution in [1.29, 1.82) is 0 Å². The lowest BCUT2D eigenvalue weighted by atomic mass is 10.2. The highest BCUT2D eigenvalue weighted by molar-refractivity contribution is 7.85. The zero-order chi connectivity index (χ0) is 9.19. The molecule has 0 aromatic heterocycles. The van der Waals surface area contributed by atoms with Crippen LogP contribution in [0, 0.1) is 6.92 Å². The summed E-state index contributed by atoms with van der Waals surface area (Å²) in [6.45, 7) is 5.28. The monoisotopic (exact) mass is 183 g/mol. The topological polar surface area (TPSA) is 57.2 Å². The summed E-state index contributed by atoms with van der Waals surface area (Å²) in [5.41, 5.74) is 0.794. The van der Waals surface area contributed by atoms with Crippen LogP contribution in [-0.2, 0) is 16.5 Å². The maximum absolute atomic E-state index is 10.4. The van der Waals surface area contributed by atoms with Gasteiger partial charge < -0.3 is 4.55 Å². The number of hydrogen-bond donors (Lipinski definition) is 0. The van der Waals surface area contributed by atoms with E-state index in [9.17, 15) is 13.0 Å². The molecule has 0 saturated carbocycles. The van der Waals surface area contributed by atoms with Crippen molar-refractivity contribution in [2.24, 2.45) is 0 Å². The van der Waals surface area contributed by atoms with Gasteiger partial charge in [0.25, 0.3) is 0 Å². The fourth-order valence-corrected chi connectivity index (χ4v) is 1.26. The molecule has 0 spiro atoms. The molecule has 64 valence electrons. The third-order valence-electron chi connectivity index (χ3n) is 1.45. The minimum Gasteiger partial charge on any atom is -0.744 e. The van der Waals surface area contributed by atoms with Crippen molar-refractivity contribution in [3.63, 3.8) is 0 Å². The summed E-state index contributed by atoms with van der Waals surface area (Å²) in [6.07, 6.45) is 0.333. The van der Waals surface area contributed by atoms with Crippen LogP contribution in [-0.4, -0.2) is 13.0 Å². The van der Waals surface area contributed by atoms with Gasteiger partial charge in [0.1, 0.15) is 10.1 Å². The molecule has 1 rings (SSSR count). The number of hydrogen-bond acceptors (Lipinski definition) is 3. The molecular formula is C8H7O3S-. The predicted octanol–water partition coefficient (Wildman–Crippen LogP) is 0.844. The second kappa shape index (κ2) is 3.25. The molecule has 0 saturated heterocycles.